The number of hydrogen-bond donors (Lipinski definition) is 0. The molecule has 0 atom stereocenters. The summed E-state index contributed by atoms with van der Waals surface area (Å²) in [6, 6.07) is 1.74. The van der Waals surface area contributed by atoms with Crippen LogP contribution in [-0.2, 0) is 7.05 Å². The zero-order valence-corrected chi connectivity index (χ0v) is 8.47. The van der Waals surface area contributed by atoms with Crippen molar-refractivity contribution < 1.29 is 4.92 Å². The lowest BCUT2D eigenvalue weighted by Gasteiger charge is -2.01. The minimum atomic E-state index is -0.350. The van der Waals surface area contributed by atoms with Gasteiger partial charge >= 0.3 is 0 Å². The summed E-state index contributed by atoms with van der Waals surface area (Å²) in [6.45, 7) is 3.59. The van der Waals surface area contributed by atoms with Crippen LogP contribution in [0.25, 0.3) is 6.08 Å². The highest BCUT2D eigenvalue weighted by atomic mass is 16.6. The van der Waals surface area contributed by atoms with Crippen LogP contribution < -0.4 is 0 Å². The summed E-state index contributed by atoms with van der Waals surface area (Å²) < 4.78 is 1.60. The Hall–Kier alpha value is -1.65. The number of hydrogen-bond acceptors (Lipinski definition) is 3. The third kappa shape index (κ3) is 2.18. The van der Waals surface area contributed by atoms with Crippen LogP contribution in [0, 0.1) is 16.0 Å². The number of nitro groups is 1. The van der Waals surface area contributed by atoms with Gasteiger partial charge in [0.1, 0.15) is 0 Å². The fourth-order valence-electron chi connectivity index (χ4n) is 1.11. The lowest BCUT2D eigenvalue weighted by Crippen LogP contribution is -2.06. The van der Waals surface area contributed by atoms with Crippen molar-refractivity contribution in [3.63, 3.8) is 0 Å². The molecule has 0 unspecified atom stereocenters. The van der Waals surface area contributed by atoms with E-state index in [2.05, 4.69) is 5.10 Å². The van der Waals surface area contributed by atoms with Gasteiger partial charge in [0.25, 0.3) is 5.70 Å². The Kier molecular flexibility index (Phi) is 3.01. The number of rotatable bonds is 3. The summed E-state index contributed by atoms with van der Waals surface area (Å²) in [5, 5.41) is 14.6. The summed E-state index contributed by atoms with van der Waals surface area (Å²) in [5.74, 6) is -0.0973. The zero-order valence-electron chi connectivity index (χ0n) is 8.47. The van der Waals surface area contributed by atoms with Crippen molar-refractivity contribution in [2.45, 2.75) is 13.8 Å². The average Bonchev–Trinajstić information content (AvgIpc) is 2.46. The first kappa shape index (κ1) is 10.4. The van der Waals surface area contributed by atoms with E-state index in [1.807, 2.05) is 0 Å². The summed E-state index contributed by atoms with van der Waals surface area (Å²) >= 11 is 0. The average molecular weight is 195 g/mol. The van der Waals surface area contributed by atoms with E-state index in [-0.39, 0.29) is 16.5 Å². The van der Waals surface area contributed by atoms with Crippen LogP contribution in [0.2, 0.25) is 0 Å². The van der Waals surface area contributed by atoms with Crippen molar-refractivity contribution in [3.05, 3.63) is 33.8 Å². The van der Waals surface area contributed by atoms with Gasteiger partial charge in [-0.2, -0.15) is 5.10 Å². The Bertz CT molecular complexity index is 366. The SMILES string of the molecule is CC(C)C(=Cc1ccnn1C)[N+](=O)[O-]. The Morgan fingerprint density at radius 1 is 1.71 bits per heavy atom. The first-order valence-corrected chi connectivity index (χ1v) is 4.36. The smallest absolute Gasteiger partial charge is 0.250 e. The second kappa shape index (κ2) is 4.04. The van der Waals surface area contributed by atoms with Crippen molar-refractivity contribution in [3.8, 4) is 0 Å². The Morgan fingerprint density at radius 3 is 2.71 bits per heavy atom. The molecule has 0 N–H and O–H groups in total. The maximum atomic E-state index is 10.7. The van der Waals surface area contributed by atoms with Crippen LogP contribution in [0.5, 0.6) is 0 Å². The highest BCUT2D eigenvalue weighted by molar-refractivity contribution is 5.46. The van der Waals surface area contributed by atoms with E-state index >= 15 is 0 Å². The molecule has 1 aromatic heterocycles. The normalized spacial score (nSPS) is 12.1. The third-order valence-corrected chi connectivity index (χ3v) is 1.96. The van der Waals surface area contributed by atoms with Gasteiger partial charge in [0.05, 0.1) is 10.6 Å². The molecule has 0 spiro atoms. The molecule has 5 nitrogen and oxygen atoms in total. The molecule has 76 valence electrons. The number of nitrogens with zero attached hydrogens (tertiary/aromatic N) is 3. The minimum absolute atomic E-state index is 0.0973. The summed E-state index contributed by atoms with van der Waals surface area (Å²) in [4.78, 5) is 10.3. The molecule has 0 fully saturated rings. The molecular weight excluding hydrogens is 182 g/mol. The topological polar surface area (TPSA) is 61.0 Å². The van der Waals surface area contributed by atoms with Gasteiger partial charge in [-0.3, -0.25) is 14.8 Å². The number of aryl methyl sites for hydroxylation is 1. The third-order valence-electron chi connectivity index (χ3n) is 1.96. The van der Waals surface area contributed by atoms with Crippen molar-refractivity contribution in [2.24, 2.45) is 13.0 Å². The molecule has 0 radical (unpaired) electrons. The van der Waals surface area contributed by atoms with E-state index in [0.29, 0.717) is 0 Å². The predicted molar refractivity (Wildman–Crippen MR) is 53.0 cm³/mol. The van der Waals surface area contributed by atoms with Crippen molar-refractivity contribution in [1.82, 2.24) is 9.78 Å². The summed E-state index contributed by atoms with van der Waals surface area (Å²) in [5.41, 5.74) is 0.944. The molecule has 0 bridgehead atoms. The number of allylic oxidation sites excluding steroid dienone is 1. The lowest BCUT2D eigenvalue weighted by molar-refractivity contribution is -0.431. The van der Waals surface area contributed by atoms with Crippen LogP contribution in [0.15, 0.2) is 18.0 Å². The molecule has 1 heterocycles. The van der Waals surface area contributed by atoms with Crippen LogP contribution in [0.4, 0.5) is 0 Å². The van der Waals surface area contributed by atoms with Gasteiger partial charge in [-0.1, -0.05) is 13.8 Å². The maximum Gasteiger partial charge on any atom is 0.250 e. The van der Waals surface area contributed by atoms with Crippen molar-refractivity contribution in [2.75, 3.05) is 0 Å². The molecule has 5 heteroatoms. The van der Waals surface area contributed by atoms with Crippen LogP contribution in [-0.4, -0.2) is 14.7 Å². The van der Waals surface area contributed by atoms with E-state index in [0.717, 1.165) is 5.69 Å². The number of aromatic nitrogens is 2. The lowest BCUT2D eigenvalue weighted by atomic mass is 10.1. The molecule has 1 aromatic rings. The van der Waals surface area contributed by atoms with Gasteiger partial charge in [0, 0.05) is 25.2 Å². The maximum absolute atomic E-state index is 10.7. The summed E-state index contributed by atoms with van der Waals surface area (Å²) in [7, 11) is 1.75. The van der Waals surface area contributed by atoms with Gasteiger partial charge in [0.15, 0.2) is 0 Å². The van der Waals surface area contributed by atoms with Gasteiger partial charge < -0.3 is 0 Å². The molecular formula is C9H13N3O2. The monoisotopic (exact) mass is 195 g/mol. The van der Waals surface area contributed by atoms with E-state index in [1.165, 1.54) is 0 Å². The van der Waals surface area contributed by atoms with E-state index in [4.69, 9.17) is 0 Å². The van der Waals surface area contributed by atoms with Gasteiger partial charge in [-0.05, 0) is 6.07 Å². The molecule has 0 aromatic carbocycles. The minimum Gasteiger partial charge on any atom is -0.268 e. The highest BCUT2D eigenvalue weighted by Gasteiger charge is 2.16. The predicted octanol–water partition coefficient (Wildman–Crippen LogP) is 1.69. The van der Waals surface area contributed by atoms with Crippen molar-refractivity contribution in [1.29, 1.82) is 0 Å². The first-order valence-electron chi connectivity index (χ1n) is 4.36. The fourth-order valence-corrected chi connectivity index (χ4v) is 1.11. The first-order chi connectivity index (χ1) is 6.52. The second-order valence-corrected chi connectivity index (χ2v) is 3.36. The van der Waals surface area contributed by atoms with E-state index in [9.17, 15) is 10.1 Å². The molecule has 0 aliphatic heterocycles. The Balaban J connectivity index is 3.06. The van der Waals surface area contributed by atoms with Gasteiger partial charge in [-0.15, -0.1) is 0 Å². The highest BCUT2D eigenvalue weighted by Crippen LogP contribution is 2.14. The molecule has 0 saturated carbocycles. The van der Waals surface area contributed by atoms with Crippen molar-refractivity contribution >= 4 is 6.08 Å². The van der Waals surface area contributed by atoms with E-state index in [1.54, 1.807) is 43.9 Å². The van der Waals surface area contributed by atoms with Gasteiger partial charge in [0.2, 0.25) is 0 Å². The van der Waals surface area contributed by atoms with Crippen LogP contribution >= 0.6 is 0 Å². The fraction of sp³-hybridized carbons (Fsp3) is 0.444. The van der Waals surface area contributed by atoms with Gasteiger partial charge in [-0.25, -0.2) is 0 Å². The summed E-state index contributed by atoms with van der Waals surface area (Å²) in [6.07, 6.45) is 3.17. The van der Waals surface area contributed by atoms with Crippen LogP contribution in [0.1, 0.15) is 19.5 Å². The molecule has 1 rings (SSSR count). The zero-order chi connectivity index (χ0) is 10.7. The molecule has 0 aliphatic rings. The largest absolute Gasteiger partial charge is 0.268 e. The quantitative estimate of drug-likeness (QED) is 0.544. The molecule has 0 saturated heterocycles. The van der Waals surface area contributed by atoms with Crippen LogP contribution in [0.3, 0.4) is 0 Å². The molecule has 0 aliphatic carbocycles. The molecule has 0 amide bonds. The molecule has 14 heavy (non-hydrogen) atoms. The second-order valence-electron chi connectivity index (χ2n) is 3.36. The Morgan fingerprint density at radius 2 is 2.36 bits per heavy atom. The van der Waals surface area contributed by atoms with E-state index < -0.39 is 0 Å². The standard InChI is InChI=1S/C9H13N3O2/c1-7(2)9(12(13)14)6-8-4-5-10-11(8)3/h4-7H,1-3H3. The Labute approximate surface area is 82.2 Å².